The summed E-state index contributed by atoms with van der Waals surface area (Å²) in [5.41, 5.74) is 4.81. The molecule has 3 atom stereocenters. The van der Waals surface area contributed by atoms with Crippen LogP contribution in [0.3, 0.4) is 0 Å². The van der Waals surface area contributed by atoms with Crippen molar-refractivity contribution in [1.82, 2.24) is 9.55 Å². The van der Waals surface area contributed by atoms with Crippen LogP contribution in [0.1, 0.15) is 12.6 Å². The lowest BCUT2D eigenvalue weighted by atomic mass is 10.2. The minimum atomic E-state index is -0.809. The third kappa shape index (κ3) is 2.44. The van der Waals surface area contributed by atoms with Crippen LogP contribution in [-0.4, -0.2) is 38.7 Å². The maximum Gasteiger partial charge on any atom is 0.351 e. The van der Waals surface area contributed by atoms with E-state index >= 15 is 0 Å². The molecule has 0 spiro atoms. The Bertz CT molecular complexity index is 449. The lowest BCUT2D eigenvalue weighted by Crippen LogP contribution is -2.28. The zero-order chi connectivity index (χ0) is 12.4. The normalized spacial score (nSPS) is 28.5. The summed E-state index contributed by atoms with van der Waals surface area (Å²) in [6, 6.07) is 1.47. The molecule has 2 rings (SSSR count). The van der Waals surface area contributed by atoms with Crippen molar-refractivity contribution in [2.45, 2.75) is 24.9 Å². The van der Waals surface area contributed by atoms with Gasteiger partial charge in [-0.05, 0) is 6.07 Å². The van der Waals surface area contributed by atoms with E-state index in [9.17, 15) is 9.90 Å². The number of hydrogen-bond acceptors (Lipinski definition) is 7. The van der Waals surface area contributed by atoms with Crippen LogP contribution in [0.15, 0.2) is 17.1 Å². The highest BCUT2D eigenvalue weighted by Gasteiger charge is 2.35. The monoisotopic (exact) mass is 243 g/mol. The molecule has 0 saturated carbocycles. The predicted molar refractivity (Wildman–Crippen MR) is 56.0 cm³/mol. The molecule has 0 bridgehead atoms. The Hall–Kier alpha value is -1.48. The number of aromatic nitrogens is 2. The molecular formula is C9H13N3O5. The van der Waals surface area contributed by atoms with Crippen LogP contribution in [0, 0.1) is 0 Å². The molecular weight excluding hydrogens is 230 g/mol. The predicted octanol–water partition coefficient (Wildman–Crippen LogP) is -1.04. The van der Waals surface area contributed by atoms with Crippen molar-refractivity contribution in [2.24, 2.45) is 0 Å². The second-order valence-corrected chi connectivity index (χ2v) is 3.77. The van der Waals surface area contributed by atoms with Crippen LogP contribution in [0.5, 0.6) is 0 Å². The largest absolute Gasteiger partial charge is 0.390 e. The number of aliphatic hydroxyl groups excluding tert-OH is 1. The molecule has 8 nitrogen and oxygen atoms in total. The van der Waals surface area contributed by atoms with Gasteiger partial charge in [0.1, 0.15) is 24.8 Å². The third-order valence-electron chi connectivity index (χ3n) is 2.60. The van der Waals surface area contributed by atoms with Gasteiger partial charge in [0.15, 0.2) is 0 Å². The second-order valence-electron chi connectivity index (χ2n) is 3.77. The average Bonchev–Trinajstić information content (AvgIpc) is 2.60. The topological polar surface area (TPSA) is 120 Å². The van der Waals surface area contributed by atoms with Crippen LogP contribution in [0.25, 0.3) is 0 Å². The summed E-state index contributed by atoms with van der Waals surface area (Å²) in [6.45, 7) is -0.158. The van der Waals surface area contributed by atoms with E-state index in [-0.39, 0.29) is 18.8 Å². The molecule has 1 unspecified atom stereocenters. The van der Waals surface area contributed by atoms with Gasteiger partial charge >= 0.3 is 5.69 Å². The summed E-state index contributed by atoms with van der Waals surface area (Å²) in [5.74, 6) is 0.125. The van der Waals surface area contributed by atoms with Gasteiger partial charge in [-0.1, -0.05) is 0 Å². The molecule has 0 amide bonds. The fourth-order valence-corrected chi connectivity index (χ4v) is 1.75. The maximum atomic E-state index is 11.5. The third-order valence-corrected chi connectivity index (χ3v) is 2.60. The molecule has 0 aliphatic carbocycles. The first kappa shape index (κ1) is 12.0. The van der Waals surface area contributed by atoms with Gasteiger partial charge in [0, 0.05) is 12.6 Å². The van der Waals surface area contributed by atoms with Gasteiger partial charge in [0.2, 0.25) is 0 Å². The number of ether oxygens (including phenoxy) is 1. The van der Waals surface area contributed by atoms with Crippen molar-refractivity contribution in [3.05, 3.63) is 22.7 Å². The van der Waals surface area contributed by atoms with Crippen molar-refractivity contribution in [1.29, 1.82) is 0 Å². The highest BCUT2D eigenvalue weighted by Crippen LogP contribution is 2.27. The Morgan fingerprint density at radius 2 is 2.47 bits per heavy atom. The molecule has 94 valence electrons. The zero-order valence-electron chi connectivity index (χ0n) is 8.89. The van der Waals surface area contributed by atoms with E-state index in [0.717, 1.165) is 0 Å². The van der Waals surface area contributed by atoms with E-state index in [4.69, 9.17) is 15.7 Å². The first-order valence-corrected chi connectivity index (χ1v) is 5.06. The van der Waals surface area contributed by atoms with E-state index in [2.05, 4.69) is 9.87 Å². The fourth-order valence-electron chi connectivity index (χ4n) is 1.75. The van der Waals surface area contributed by atoms with E-state index in [1.807, 2.05) is 0 Å². The van der Waals surface area contributed by atoms with Crippen LogP contribution in [-0.2, 0) is 9.62 Å². The van der Waals surface area contributed by atoms with Gasteiger partial charge in [-0.3, -0.25) is 9.82 Å². The summed E-state index contributed by atoms with van der Waals surface area (Å²) in [6.07, 6.45) is -0.444. The van der Waals surface area contributed by atoms with Crippen molar-refractivity contribution >= 4 is 5.82 Å². The number of anilines is 1. The standard InChI is InChI=1S/C9H13N3O5/c10-7-1-2-12(9(14)11-7)8-3-5(13)6(17-8)4-16-15/h1-2,5-6,8,13,15H,3-4H2,(H2,10,11,14)/t5?,6-,8-/m1/s1. The Morgan fingerprint density at radius 1 is 1.71 bits per heavy atom. The SMILES string of the molecule is Nc1ccn([C@H]2CC(O)[C@@H](COO)O2)c(=O)n1. The average molecular weight is 243 g/mol. The van der Waals surface area contributed by atoms with Gasteiger partial charge in [0.05, 0.1) is 6.10 Å². The molecule has 1 aliphatic heterocycles. The molecule has 17 heavy (non-hydrogen) atoms. The molecule has 2 heterocycles. The zero-order valence-corrected chi connectivity index (χ0v) is 8.89. The van der Waals surface area contributed by atoms with E-state index in [1.54, 1.807) is 0 Å². The molecule has 4 N–H and O–H groups in total. The molecule has 1 aliphatic rings. The van der Waals surface area contributed by atoms with Gasteiger partial charge in [-0.25, -0.2) is 9.68 Å². The summed E-state index contributed by atoms with van der Waals surface area (Å²) in [4.78, 5) is 19.0. The Balaban J connectivity index is 2.17. The van der Waals surface area contributed by atoms with Crippen molar-refractivity contribution in [3.63, 3.8) is 0 Å². The number of hydrogen-bond donors (Lipinski definition) is 3. The second kappa shape index (κ2) is 4.80. The van der Waals surface area contributed by atoms with Gasteiger partial charge < -0.3 is 15.6 Å². The molecule has 1 aromatic heterocycles. The summed E-state index contributed by atoms with van der Waals surface area (Å²) in [5, 5.41) is 17.9. The van der Waals surface area contributed by atoms with Gasteiger partial charge in [-0.2, -0.15) is 4.98 Å². The lowest BCUT2D eigenvalue weighted by molar-refractivity contribution is -0.264. The van der Waals surface area contributed by atoms with E-state index in [0.29, 0.717) is 0 Å². The van der Waals surface area contributed by atoms with Crippen molar-refractivity contribution in [2.75, 3.05) is 12.3 Å². The number of aliphatic hydroxyl groups is 1. The highest BCUT2D eigenvalue weighted by atomic mass is 17.1. The number of nitrogens with two attached hydrogens (primary N) is 1. The molecule has 1 fully saturated rings. The summed E-state index contributed by atoms with van der Waals surface area (Å²) in [7, 11) is 0. The smallest absolute Gasteiger partial charge is 0.351 e. The molecule has 1 aromatic rings. The molecule has 8 heteroatoms. The maximum absolute atomic E-state index is 11.5. The van der Waals surface area contributed by atoms with Crippen LogP contribution >= 0.6 is 0 Å². The lowest BCUT2D eigenvalue weighted by Gasteiger charge is -2.14. The van der Waals surface area contributed by atoms with Gasteiger partial charge in [-0.15, -0.1) is 0 Å². The fraction of sp³-hybridized carbons (Fsp3) is 0.556. The summed E-state index contributed by atoms with van der Waals surface area (Å²) >= 11 is 0. The number of rotatable bonds is 3. The summed E-state index contributed by atoms with van der Waals surface area (Å²) < 4.78 is 6.60. The molecule has 0 radical (unpaired) electrons. The van der Waals surface area contributed by atoms with Crippen LogP contribution in [0.2, 0.25) is 0 Å². The Labute approximate surface area is 96.1 Å². The Morgan fingerprint density at radius 3 is 3.12 bits per heavy atom. The minimum Gasteiger partial charge on any atom is -0.390 e. The Kier molecular flexibility index (Phi) is 3.38. The first-order chi connectivity index (χ1) is 8.11. The number of nitrogen functional groups attached to an aromatic ring is 1. The first-order valence-electron chi connectivity index (χ1n) is 5.06. The highest BCUT2D eigenvalue weighted by molar-refractivity contribution is 5.23. The van der Waals surface area contributed by atoms with Crippen molar-refractivity contribution < 1.29 is 20.0 Å². The van der Waals surface area contributed by atoms with Crippen LogP contribution in [0.4, 0.5) is 5.82 Å². The van der Waals surface area contributed by atoms with Gasteiger partial charge in [0.25, 0.3) is 0 Å². The molecule has 1 saturated heterocycles. The molecule has 0 aromatic carbocycles. The minimum absolute atomic E-state index is 0.125. The van der Waals surface area contributed by atoms with E-state index < -0.39 is 24.1 Å². The van der Waals surface area contributed by atoms with E-state index in [1.165, 1.54) is 16.8 Å². The quantitative estimate of drug-likeness (QED) is 0.458. The number of nitrogens with zero attached hydrogens (tertiary/aromatic N) is 2. The van der Waals surface area contributed by atoms with Crippen LogP contribution < -0.4 is 11.4 Å². The van der Waals surface area contributed by atoms with Crippen molar-refractivity contribution in [3.8, 4) is 0 Å².